The van der Waals surface area contributed by atoms with Crippen molar-refractivity contribution >= 4 is 27.2 Å². The molecule has 3 aromatic rings. The van der Waals surface area contributed by atoms with E-state index >= 15 is 0 Å². The second-order valence-electron chi connectivity index (χ2n) is 6.19. The number of unbranched alkanes of at least 4 members (excludes halogenated alkanes) is 2. The molecule has 5 heteroatoms. The first-order chi connectivity index (χ1) is 11.8. The van der Waals surface area contributed by atoms with Gasteiger partial charge in [0.05, 0.1) is 0 Å². The molecule has 1 N–H and O–H groups in total. The standard InChI is InChI=1S/C19H22IN2OS/c1-2-3-4-7-14-9-18-19(24-14)17(10-16(22-18)15-11-20-15)21-12-13-6-5-8-23-13/h5-6,8-10,15H,2-4,7,11-12H2,1H3,(H,21,22)/q-1. The summed E-state index contributed by atoms with van der Waals surface area (Å²) in [5, 5.41) is 3.58. The van der Waals surface area contributed by atoms with Crippen molar-refractivity contribution in [2.24, 2.45) is 0 Å². The van der Waals surface area contributed by atoms with Crippen LogP contribution in [0.5, 0.6) is 0 Å². The molecule has 0 aliphatic carbocycles. The summed E-state index contributed by atoms with van der Waals surface area (Å²) in [6.07, 6.45) is 6.77. The van der Waals surface area contributed by atoms with Crippen molar-refractivity contribution in [3.05, 3.63) is 46.9 Å². The first-order valence-corrected chi connectivity index (χ1v) is 12.2. The first kappa shape index (κ1) is 16.4. The summed E-state index contributed by atoms with van der Waals surface area (Å²) in [5.41, 5.74) is 3.71. The second kappa shape index (κ2) is 7.44. The molecule has 1 saturated heterocycles. The molecule has 0 radical (unpaired) electrons. The molecule has 0 bridgehead atoms. The molecule has 0 amide bonds. The molecule has 1 unspecified atom stereocenters. The zero-order valence-electron chi connectivity index (χ0n) is 13.8. The quantitative estimate of drug-likeness (QED) is 0.324. The van der Waals surface area contributed by atoms with Crippen LogP contribution < -0.4 is 26.5 Å². The number of furan rings is 1. The third kappa shape index (κ3) is 3.77. The van der Waals surface area contributed by atoms with Crippen LogP contribution in [0.2, 0.25) is 0 Å². The van der Waals surface area contributed by atoms with Gasteiger partial charge in [0, 0.05) is 0 Å². The number of nitrogens with one attached hydrogen (secondary N) is 1. The Labute approximate surface area is 157 Å². The van der Waals surface area contributed by atoms with E-state index in [0.717, 1.165) is 16.2 Å². The van der Waals surface area contributed by atoms with Gasteiger partial charge in [-0.25, -0.2) is 0 Å². The number of halogens is 1. The molecule has 24 heavy (non-hydrogen) atoms. The van der Waals surface area contributed by atoms with Gasteiger partial charge in [0.2, 0.25) is 0 Å². The van der Waals surface area contributed by atoms with E-state index in [1.807, 2.05) is 23.5 Å². The number of alkyl halides is 2. The molecular formula is C19H22IN2OS-. The van der Waals surface area contributed by atoms with Crippen LogP contribution in [-0.4, -0.2) is 9.41 Å². The molecule has 3 aromatic heterocycles. The van der Waals surface area contributed by atoms with E-state index in [9.17, 15) is 0 Å². The molecule has 0 aromatic carbocycles. The fraction of sp³-hybridized carbons (Fsp3) is 0.421. The molecule has 1 fully saturated rings. The summed E-state index contributed by atoms with van der Waals surface area (Å²) in [6.45, 7) is 2.99. The second-order valence-corrected chi connectivity index (χ2v) is 10.6. The van der Waals surface area contributed by atoms with E-state index < -0.39 is 0 Å². The molecular weight excluding hydrogens is 431 g/mol. The number of thiophene rings is 1. The molecule has 4 rings (SSSR count). The van der Waals surface area contributed by atoms with Crippen LogP contribution in [0.25, 0.3) is 10.2 Å². The Hall–Kier alpha value is -1.08. The van der Waals surface area contributed by atoms with Gasteiger partial charge in [-0.1, -0.05) is 0 Å². The Morgan fingerprint density at radius 3 is 3.04 bits per heavy atom. The van der Waals surface area contributed by atoms with Crippen molar-refractivity contribution in [1.29, 1.82) is 0 Å². The fourth-order valence-electron chi connectivity index (χ4n) is 2.85. The molecule has 0 saturated carbocycles. The summed E-state index contributed by atoms with van der Waals surface area (Å²) < 4.78 is 8.93. The van der Waals surface area contributed by atoms with Gasteiger partial charge >= 0.3 is 158 Å². The zero-order chi connectivity index (χ0) is 16.4. The van der Waals surface area contributed by atoms with Crippen LogP contribution in [0.15, 0.2) is 34.9 Å². The van der Waals surface area contributed by atoms with Crippen molar-refractivity contribution in [2.75, 3.05) is 9.74 Å². The van der Waals surface area contributed by atoms with Gasteiger partial charge < -0.3 is 0 Å². The Kier molecular flexibility index (Phi) is 5.08. The number of hydrogen-bond acceptors (Lipinski definition) is 4. The van der Waals surface area contributed by atoms with Crippen LogP contribution in [0.4, 0.5) is 5.69 Å². The van der Waals surface area contributed by atoms with Gasteiger partial charge in [-0.3, -0.25) is 0 Å². The maximum absolute atomic E-state index is 5.46. The summed E-state index contributed by atoms with van der Waals surface area (Å²) >= 11 is 2.27. The number of pyridine rings is 1. The fourth-order valence-corrected chi connectivity index (χ4v) is 5.46. The van der Waals surface area contributed by atoms with E-state index in [0.29, 0.717) is 21.2 Å². The average molecular weight is 453 g/mol. The van der Waals surface area contributed by atoms with Crippen LogP contribution in [0.1, 0.15) is 46.4 Å². The monoisotopic (exact) mass is 453 g/mol. The number of fused-ring (bicyclic) bond motifs is 1. The number of nitrogens with zero attached hydrogens (tertiary/aromatic N) is 1. The van der Waals surface area contributed by atoms with Crippen LogP contribution >= 0.6 is 11.3 Å². The number of rotatable bonds is 8. The Morgan fingerprint density at radius 2 is 2.29 bits per heavy atom. The minimum atomic E-state index is 0.369. The molecule has 128 valence electrons. The number of aryl methyl sites for hydroxylation is 1. The third-order valence-electron chi connectivity index (χ3n) is 4.24. The topological polar surface area (TPSA) is 38.1 Å². The normalized spacial score (nSPS) is 17.0. The summed E-state index contributed by atoms with van der Waals surface area (Å²) in [6, 6.07) is 8.56. The van der Waals surface area contributed by atoms with E-state index in [1.54, 1.807) is 6.26 Å². The molecule has 1 aliphatic heterocycles. The molecule has 1 atom stereocenters. The van der Waals surface area contributed by atoms with Crippen molar-refractivity contribution < 1.29 is 25.6 Å². The van der Waals surface area contributed by atoms with Crippen molar-refractivity contribution in [3.63, 3.8) is 0 Å². The average Bonchev–Trinajstić information content (AvgIpc) is 3.15. The van der Waals surface area contributed by atoms with Gasteiger partial charge in [-0.05, 0) is 0 Å². The van der Waals surface area contributed by atoms with Gasteiger partial charge in [0.1, 0.15) is 0 Å². The number of hydrogen-bond donors (Lipinski definition) is 1. The Balaban J connectivity index is 1.61. The number of aromatic nitrogens is 1. The Morgan fingerprint density at radius 1 is 1.38 bits per heavy atom. The van der Waals surface area contributed by atoms with E-state index in [4.69, 9.17) is 9.40 Å². The minimum absolute atomic E-state index is 0.369. The van der Waals surface area contributed by atoms with Gasteiger partial charge in [-0.2, -0.15) is 0 Å². The van der Waals surface area contributed by atoms with E-state index in [1.165, 1.54) is 56.6 Å². The third-order valence-corrected chi connectivity index (χ3v) is 7.86. The molecule has 4 heterocycles. The van der Waals surface area contributed by atoms with Crippen molar-refractivity contribution in [2.45, 2.75) is 43.1 Å². The summed E-state index contributed by atoms with van der Waals surface area (Å²) in [5.74, 6) is 0.972. The predicted octanol–water partition coefficient (Wildman–Crippen LogP) is 2.38. The zero-order valence-corrected chi connectivity index (χ0v) is 16.8. The predicted molar refractivity (Wildman–Crippen MR) is 96.5 cm³/mol. The van der Waals surface area contributed by atoms with Crippen LogP contribution in [0.3, 0.4) is 0 Å². The maximum atomic E-state index is 5.46. The van der Waals surface area contributed by atoms with Crippen LogP contribution in [0, 0.1) is 0 Å². The van der Waals surface area contributed by atoms with E-state index in [-0.39, 0.29) is 0 Å². The van der Waals surface area contributed by atoms with Crippen LogP contribution in [-0.2, 0) is 13.0 Å². The van der Waals surface area contributed by atoms with Gasteiger partial charge in [-0.15, -0.1) is 0 Å². The SMILES string of the molecule is CCCCCc1cc2nc(C3C[I-]3)cc(NCc3ccco3)c2s1. The number of anilines is 1. The van der Waals surface area contributed by atoms with Crippen molar-refractivity contribution in [1.82, 2.24) is 4.98 Å². The molecule has 0 spiro atoms. The van der Waals surface area contributed by atoms with E-state index in [2.05, 4.69) is 24.4 Å². The summed E-state index contributed by atoms with van der Waals surface area (Å²) in [7, 11) is 0. The van der Waals surface area contributed by atoms with Gasteiger partial charge in [0.25, 0.3) is 0 Å². The molecule has 3 nitrogen and oxygen atoms in total. The Bertz CT molecular complexity index is 808. The van der Waals surface area contributed by atoms with Crippen molar-refractivity contribution in [3.8, 4) is 0 Å². The molecule has 1 aliphatic rings. The summed E-state index contributed by atoms with van der Waals surface area (Å²) in [4.78, 5) is 6.43. The van der Waals surface area contributed by atoms with Gasteiger partial charge in [0.15, 0.2) is 0 Å². The first-order valence-electron chi connectivity index (χ1n) is 8.61.